The van der Waals surface area contributed by atoms with E-state index in [9.17, 15) is 4.79 Å². The molecule has 1 aliphatic rings. The Labute approximate surface area is 155 Å². The van der Waals surface area contributed by atoms with Crippen LogP contribution in [-0.2, 0) is 4.79 Å². The van der Waals surface area contributed by atoms with Crippen molar-refractivity contribution in [3.63, 3.8) is 0 Å². The fourth-order valence-corrected chi connectivity index (χ4v) is 11.9. The quantitative estimate of drug-likeness (QED) is 0.564. The van der Waals surface area contributed by atoms with Crippen LogP contribution in [0.5, 0.6) is 0 Å². The van der Waals surface area contributed by atoms with Gasteiger partial charge in [-0.15, -0.1) is 0 Å². The number of allylic oxidation sites excluding steroid dienone is 1. The molecule has 2 nitrogen and oxygen atoms in total. The highest BCUT2D eigenvalue weighted by Gasteiger charge is 2.54. The number of amides is 1. The monoisotopic (exact) mass is 357 g/mol. The molecule has 1 heterocycles. The molecular formula is C22H35NOSi. The average molecular weight is 358 g/mol. The summed E-state index contributed by atoms with van der Waals surface area (Å²) in [5.74, 6) is 0.433. The molecule has 1 aromatic rings. The average Bonchev–Trinajstić information content (AvgIpc) is 2.52. The smallest absolute Gasteiger partial charge is 0.225 e. The lowest BCUT2D eigenvalue weighted by atomic mass is 9.73. The van der Waals surface area contributed by atoms with Crippen molar-refractivity contribution in [2.24, 2.45) is 5.41 Å². The topological polar surface area (TPSA) is 20.3 Å². The Balaban J connectivity index is 2.57. The summed E-state index contributed by atoms with van der Waals surface area (Å²) in [4.78, 5) is 13.7. The third-order valence-electron chi connectivity index (χ3n) is 6.33. The summed E-state index contributed by atoms with van der Waals surface area (Å²) in [5, 5.41) is 0. The minimum Gasteiger partial charge on any atom is -0.345 e. The van der Waals surface area contributed by atoms with Crippen molar-refractivity contribution in [2.75, 3.05) is 0 Å². The summed E-state index contributed by atoms with van der Waals surface area (Å²) in [6.45, 7) is 18.1. The first-order chi connectivity index (χ1) is 11.6. The van der Waals surface area contributed by atoms with Gasteiger partial charge in [0.25, 0.3) is 0 Å². The molecule has 0 aliphatic carbocycles. The van der Waals surface area contributed by atoms with Crippen molar-refractivity contribution in [1.82, 2.24) is 4.57 Å². The van der Waals surface area contributed by atoms with E-state index >= 15 is 0 Å². The molecule has 0 aromatic heterocycles. The highest BCUT2D eigenvalue weighted by Crippen LogP contribution is 2.50. The van der Waals surface area contributed by atoms with Gasteiger partial charge in [-0.05, 0) is 28.4 Å². The summed E-state index contributed by atoms with van der Waals surface area (Å²) >= 11 is 0. The number of carbonyl (C=O) groups is 1. The van der Waals surface area contributed by atoms with Crippen LogP contribution in [0.3, 0.4) is 0 Å². The molecule has 0 saturated carbocycles. The first-order valence-corrected chi connectivity index (χ1v) is 11.8. The first-order valence-electron chi connectivity index (χ1n) is 9.64. The largest absolute Gasteiger partial charge is 0.345 e. The minimum atomic E-state index is -2.01. The van der Waals surface area contributed by atoms with Gasteiger partial charge in [-0.25, -0.2) is 0 Å². The Hall–Kier alpha value is -1.35. The SMILES string of the molecule is CC(C)[Si](C(C)C)(C(C)C)N1C=CC(c2ccccc2)C(C)(C)C1=O. The van der Waals surface area contributed by atoms with Crippen LogP contribution in [0, 0.1) is 5.41 Å². The number of benzene rings is 1. The molecule has 0 bridgehead atoms. The molecule has 138 valence electrons. The van der Waals surface area contributed by atoms with Gasteiger partial charge >= 0.3 is 0 Å². The lowest BCUT2D eigenvalue weighted by Crippen LogP contribution is -2.63. The summed E-state index contributed by atoms with van der Waals surface area (Å²) < 4.78 is 2.21. The van der Waals surface area contributed by atoms with Gasteiger partial charge in [0.05, 0.1) is 5.41 Å². The fraction of sp³-hybridized carbons (Fsp3) is 0.591. The van der Waals surface area contributed by atoms with Gasteiger partial charge in [-0.2, -0.15) is 0 Å². The van der Waals surface area contributed by atoms with Gasteiger partial charge < -0.3 is 4.57 Å². The third-order valence-corrected chi connectivity index (χ3v) is 13.1. The van der Waals surface area contributed by atoms with Crippen LogP contribution in [0.15, 0.2) is 42.6 Å². The lowest BCUT2D eigenvalue weighted by molar-refractivity contribution is -0.135. The molecule has 0 radical (unpaired) electrons. The Morgan fingerprint density at radius 2 is 1.40 bits per heavy atom. The van der Waals surface area contributed by atoms with Gasteiger partial charge in [0.2, 0.25) is 5.91 Å². The molecule has 1 atom stereocenters. The molecule has 25 heavy (non-hydrogen) atoms. The van der Waals surface area contributed by atoms with Crippen molar-refractivity contribution < 1.29 is 4.79 Å². The first kappa shape index (κ1) is 20.0. The molecule has 1 unspecified atom stereocenters. The van der Waals surface area contributed by atoms with Crippen LogP contribution in [0.2, 0.25) is 16.6 Å². The fourth-order valence-electron chi connectivity index (χ4n) is 5.25. The zero-order valence-electron chi connectivity index (χ0n) is 17.2. The number of carbonyl (C=O) groups excluding carboxylic acids is 1. The van der Waals surface area contributed by atoms with E-state index in [1.165, 1.54) is 5.56 Å². The second kappa shape index (κ2) is 7.11. The Bertz CT molecular complexity index is 609. The Kier molecular flexibility index (Phi) is 5.67. The van der Waals surface area contributed by atoms with Crippen LogP contribution in [0.4, 0.5) is 0 Å². The molecule has 0 spiro atoms. The molecule has 1 aromatic carbocycles. The van der Waals surface area contributed by atoms with E-state index in [-0.39, 0.29) is 5.92 Å². The number of nitrogens with zero attached hydrogens (tertiary/aromatic N) is 1. The maximum atomic E-state index is 13.7. The van der Waals surface area contributed by atoms with Crippen LogP contribution in [-0.4, -0.2) is 18.7 Å². The molecule has 3 heteroatoms. The van der Waals surface area contributed by atoms with Gasteiger partial charge in [0, 0.05) is 5.92 Å². The van der Waals surface area contributed by atoms with E-state index in [1.807, 2.05) is 6.07 Å². The van der Waals surface area contributed by atoms with Gasteiger partial charge in [0.15, 0.2) is 8.24 Å². The predicted molar refractivity (Wildman–Crippen MR) is 110 cm³/mol. The van der Waals surface area contributed by atoms with E-state index in [4.69, 9.17) is 0 Å². The number of hydrogen-bond donors (Lipinski definition) is 0. The van der Waals surface area contributed by atoms with Gasteiger partial charge in [-0.3, -0.25) is 4.79 Å². The molecule has 0 N–H and O–H groups in total. The third kappa shape index (κ3) is 3.12. The molecule has 0 fully saturated rings. The van der Waals surface area contributed by atoms with Crippen molar-refractivity contribution in [2.45, 2.75) is 77.9 Å². The van der Waals surface area contributed by atoms with Crippen molar-refractivity contribution in [1.29, 1.82) is 0 Å². The normalized spacial score (nSPS) is 20.8. The maximum absolute atomic E-state index is 13.7. The standard InChI is InChI=1S/C22H35NOSi/c1-16(2)25(17(3)4,18(5)6)23-15-14-20(22(7,8)21(23)24)19-12-10-9-11-13-19/h9-18,20H,1-8H3. The minimum absolute atomic E-state index is 0.135. The maximum Gasteiger partial charge on any atom is 0.225 e. The van der Waals surface area contributed by atoms with E-state index in [1.54, 1.807) is 0 Å². The van der Waals surface area contributed by atoms with Crippen LogP contribution >= 0.6 is 0 Å². The summed E-state index contributed by atoms with van der Waals surface area (Å²) in [7, 11) is -2.01. The highest BCUT2D eigenvalue weighted by atomic mass is 28.3. The molecular weight excluding hydrogens is 322 g/mol. The lowest BCUT2D eigenvalue weighted by Gasteiger charge is -2.53. The molecule has 1 aliphatic heterocycles. The van der Waals surface area contributed by atoms with Crippen molar-refractivity contribution in [3.05, 3.63) is 48.2 Å². The summed E-state index contributed by atoms with van der Waals surface area (Å²) in [6, 6.07) is 10.4. The van der Waals surface area contributed by atoms with Crippen molar-refractivity contribution >= 4 is 14.1 Å². The zero-order chi connectivity index (χ0) is 19.0. The van der Waals surface area contributed by atoms with Crippen LogP contribution in [0.25, 0.3) is 0 Å². The van der Waals surface area contributed by atoms with Crippen LogP contribution in [0.1, 0.15) is 66.9 Å². The Morgan fingerprint density at radius 1 is 0.920 bits per heavy atom. The van der Waals surface area contributed by atoms with E-state index < -0.39 is 13.7 Å². The van der Waals surface area contributed by atoms with Crippen molar-refractivity contribution in [3.8, 4) is 0 Å². The molecule has 2 rings (SSSR count). The van der Waals surface area contributed by atoms with E-state index in [0.29, 0.717) is 22.5 Å². The molecule has 1 amide bonds. The van der Waals surface area contributed by atoms with E-state index in [0.717, 1.165) is 0 Å². The van der Waals surface area contributed by atoms with Gasteiger partial charge in [0.1, 0.15) is 0 Å². The zero-order valence-corrected chi connectivity index (χ0v) is 18.2. The summed E-state index contributed by atoms with van der Waals surface area (Å²) in [6.07, 6.45) is 4.41. The predicted octanol–water partition coefficient (Wildman–Crippen LogP) is 6.33. The van der Waals surface area contributed by atoms with Crippen LogP contribution < -0.4 is 0 Å². The number of hydrogen-bond acceptors (Lipinski definition) is 1. The molecule has 0 saturated heterocycles. The second-order valence-corrected chi connectivity index (χ2v) is 14.7. The number of rotatable bonds is 5. The van der Waals surface area contributed by atoms with Gasteiger partial charge in [-0.1, -0.05) is 91.8 Å². The Morgan fingerprint density at radius 3 is 1.84 bits per heavy atom. The summed E-state index contributed by atoms with van der Waals surface area (Å²) in [5.41, 5.74) is 2.36. The van der Waals surface area contributed by atoms with E-state index in [2.05, 4.69) is 96.5 Å². The second-order valence-electron chi connectivity index (χ2n) is 8.98. The highest BCUT2D eigenvalue weighted by molar-refractivity contribution is 6.83.